The smallest absolute Gasteiger partial charge is 0.106 e. The third-order valence-corrected chi connectivity index (χ3v) is 6.02. The quantitative estimate of drug-likeness (QED) is 0.660. The zero-order chi connectivity index (χ0) is 15.3. The zero-order valence-corrected chi connectivity index (χ0v) is 13.9. The van der Waals surface area contributed by atoms with Gasteiger partial charge in [-0.05, 0) is 44.4 Å². The van der Waals surface area contributed by atoms with Gasteiger partial charge in [0, 0.05) is 19.3 Å². The highest BCUT2D eigenvalue weighted by atomic mass is 15.4. The molecule has 2 heteroatoms. The van der Waals surface area contributed by atoms with Crippen LogP contribution in [-0.4, -0.2) is 31.2 Å². The second-order valence-corrected chi connectivity index (χ2v) is 6.43. The van der Waals surface area contributed by atoms with Crippen LogP contribution in [0.4, 0.5) is 5.69 Å². The first-order valence-corrected chi connectivity index (χ1v) is 8.37. The van der Waals surface area contributed by atoms with Crippen molar-refractivity contribution in [2.45, 2.75) is 50.6 Å². The van der Waals surface area contributed by atoms with Crippen LogP contribution in [0.5, 0.6) is 0 Å². The molecule has 21 heavy (non-hydrogen) atoms. The van der Waals surface area contributed by atoms with Gasteiger partial charge in [-0.2, -0.15) is 0 Å². The van der Waals surface area contributed by atoms with Gasteiger partial charge in [0.05, 0.1) is 5.41 Å². The molecule has 0 unspecified atom stereocenters. The number of likely N-dealkylation sites (N-methyl/N-ethyl adjacent to an activating group) is 2. The summed E-state index contributed by atoms with van der Waals surface area (Å²) in [6.45, 7) is 9.68. The van der Waals surface area contributed by atoms with E-state index in [-0.39, 0.29) is 11.1 Å². The molecule has 2 heterocycles. The van der Waals surface area contributed by atoms with Gasteiger partial charge in [-0.1, -0.05) is 44.2 Å². The Bertz CT molecular complexity index is 564. The summed E-state index contributed by atoms with van der Waals surface area (Å²) in [6, 6.07) is 8.98. The van der Waals surface area contributed by atoms with Crippen LogP contribution in [0.3, 0.4) is 0 Å². The molecule has 1 saturated heterocycles. The van der Waals surface area contributed by atoms with Crippen molar-refractivity contribution in [2.75, 3.05) is 25.5 Å². The van der Waals surface area contributed by atoms with Crippen molar-refractivity contribution in [3.05, 3.63) is 42.0 Å². The molecule has 0 aromatic heterocycles. The van der Waals surface area contributed by atoms with Gasteiger partial charge in [-0.15, -0.1) is 0 Å². The van der Waals surface area contributed by atoms with Gasteiger partial charge in [0.2, 0.25) is 0 Å². The fourth-order valence-electron chi connectivity index (χ4n) is 5.25. The van der Waals surface area contributed by atoms with Crippen LogP contribution < -0.4 is 4.90 Å². The maximum atomic E-state index is 4.50. The normalized spacial score (nSPS) is 33.9. The summed E-state index contributed by atoms with van der Waals surface area (Å²) >= 11 is 0. The second kappa shape index (κ2) is 4.88. The van der Waals surface area contributed by atoms with E-state index in [0.29, 0.717) is 0 Å². The van der Waals surface area contributed by atoms with Crippen LogP contribution in [0.1, 0.15) is 45.1 Å². The Hall–Kier alpha value is -1.28. The van der Waals surface area contributed by atoms with Gasteiger partial charge >= 0.3 is 0 Å². The molecule has 0 amide bonds. The van der Waals surface area contributed by atoms with E-state index in [2.05, 4.69) is 54.7 Å². The number of anilines is 1. The van der Waals surface area contributed by atoms with E-state index in [9.17, 15) is 0 Å². The third-order valence-electron chi connectivity index (χ3n) is 6.02. The van der Waals surface area contributed by atoms with Gasteiger partial charge in [0.1, 0.15) is 5.66 Å². The Morgan fingerprint density at radius 3 is 2.57 bits per heavy atom. The summed E-state index contributed by atoms with van der Waals surface area (Å²) in [5.74, 6) is 0. The fourth-order valence-corrected chi connectivity index (χ4v) is 5.25. The van der Waals surface area contributed by atoms with E-state index >= 15 is 0 Å². The Kier molecular flexibility index (Phi) is 3.40. The second-order valence-electron chi connectivity index (χ2n) is 6.43. The third kappa shape index (κ3) is 1.47. The van der Waals surface area contributed by atoms with Crippen molar-refractivity contribution >= 4 is 5.69 Å². The van der Waals surface area contributed by atoms with Crippen LogP contribution in [0, 0.1) is 0 Å². The highest BCUT2D eigenvalue weighted by Crippen LogP contribution is 2.64. The first kappa shape index (κ1) is 14.6. The predicted molar refractivity (Wildman–Crippen MR) is 90.8 cm³/mol. The summed E-state index contributed by atoms with van der Waals surface area (Å²) in [5.41, 5.74) is 4.71. The monoisotopic (exact) mass is 284 g/mol. The van der Waals surface area contributed by atoms with Crippen molar-refractivity contribution in [1.82, 2.24) is 4.90 Å². The molecule has 0 radical (unpaired) electrons. The van der Waals surface area contributed by atoms with Crippen molar-refractivity contribution in [1.29, 1.82) is 0 Å². The average Bonchev–Trinajstić information content (AvgIpc) is 2.96. The SMILES string of the molecule is C=C1CCC[C@@]23N(C)CC[C@@]12c1ccccc1N3C.CC. The summed E-state index contributed by atoms with van der Waals surface area (Å²) in [7, 11) is 4.57. The molecule has 2 nitrogen and oxygen atoms in total. The van der Waals surface area contributed by atoms with E-state index < -0.39 is 0 Å². The molecule has 1 saturated carbocycles. The highest BCUT2D eigenvalue weighted by Gasteiger charge is 2.67. The number of fused-ring (bicyclic) bond motifs is 1. The average molecular weight is 284 g/mol. The molecular weight excluding hydrogens is 256 g/mol. The van der Waals surface area contributed by atoms with E-state index in [1.54, 1.807) is 0 Å². The number of likely N-dealkylation sites (tertiary alicyclic amines) is 1. The first-order chi connectivity index (χ1) is 10.1. The number of rotatable bonds is 0. The van der Waals surface area contributed by atoms with E-state index in [1.807, 2.05) is 13.8 Å². The lowest BCUT2D eigenvalue weighted by Gasteiger charge is -2.52. The molecule has 4 rings (SSSR count). The van der Waals surface area contributed by atoms with Crippen LogP contribution in [0.2, 0.25) is 0 Å². The van der Waals surface area contributed by atoms with E-state index in [1.165, 1.54) is 49.1 Å². The molecule has 3 aliphatic rings. The molecule has 0 bridgehead atoms. The number of hydrogen-bond donors (Lipinski definition) is 0. The predicted octanol–water partition coefficient (Wildman–Crippen LogP) is 4.17. The van der Waals surface area contributed by atoms with Crippen molar-refractivity contribution in [3.63, 3.8) is 0 Å². The zero-order valence-electron chi connectivity index (χ0n) is 13.9. The van der Waals surface area contributed by atoms with Crippen molar-refractivity contribution < 1.29 is 0 Å². The Labute approximate surface area is 129 Å². The Balaban J connectivity index is 0.000000636. The van der Waals surface area contributed by atoms with Gasteiger partial charge in [-0.25, -0.2) is 0 Å². The van der Waals surface area contributed by atoms with Crippen LogP contribution in [0.25, 0.3) is 0 Å². The standard InChI is InChI=1S/C17H22N2.C2H6/c1-13-7-6-10-17-16(13,11-12-18(17)2)14-8-4-5-9-15(14)19(17)3;1-2/h4-5,8-9H,1,6-7,10-12H2,2-3H3;1-2H3/t16-,17-;/m0./s1. The maximum Gasteiger partial charge on any atom is 0.106 e. The molecule has 0 spiro atoms. The summed E-state index contributed by atoms with van der Waals surface area (Å²) in [4.78, 5) is 5.12. The van der Waals surface area contributed by atoms with Gasteiger partial charge in [0.25, 0.3) is 0 Å². The maximum absolute atomic E-state index is 4.50. The molecule has 1 aromatic carbocycles. The lowest BCUT2D eigenvalue weighted by Crippen LogP contribution is -2.63. The Morgan fingerprint density at radius 1 is 1.10 bits per heavy atom. The first-order valence-electron chi connectivity index (χ1n) is 8.37. The van der Waals surface area contributed by atoms with Crippen LogP contribution in [0.15, 0.2) is 36.4 Å². The van der Waals surface area contributed by atoms with E-state index in [0.717, 1.165) is 0 Å². The van der Waals surface area contributed by atoms with Gasteiger partial charge in [0.15, 0.2) is 0 Å². The van der Waals surface area contributed by atoms with Gasteiger partial charge in [-0.3, -0.25) is 4.90 Å². The number of nitrogens with zero attached hydrogens (tertiary/aromatic N) is 2. The van der Waals surface area contributed by atoms with Crippen LogP contribution >= 0.6 is 0 Å². The molecule has 114 valence electrons. The number of benzene rings is 1. The molecule has 2 atom stereocenters. The van der Waals surface area contributed by atoms with E-state index in [4.69, 9.17) is 0 Å². The number of hydrogen-bond acceptors (Lipinski definition) is 2. The molecular formula is C19H28N2. The minimum absolute atomic E-state index is 0.145. The van der Waals surface area contributed by atoms with Crippen LogP contribution in [-0.2, 0) is 5.41 Å². The highest BCUT2D eigenvalue weighted by molar-refractivity contribution is 5.70. The fraction of sp³-hybridized carbons (Fsp3) is 0.579. The van der Waals surface area contributed by atoms with Crippen molar-refractivity contribution in [3.8, 4) is 0 Å². The summed E-state index contributed by atoms with van der Waals surface area (Å²) in [6.07, 6.45) is 4.94. The molecule has 1 aromatic rings. The molecule has 1 aliphatic carbocycles. The lowest BCUT2D eigenvalue weighted by atomic mass is 9.61. The topological polar surface area (TPSA) is 6.48 Å². The summed E-state index contributed by atoms with van der Waals surface area (Å²) in [5, 5.41) is 0. The molecule has 2 fully saturated rings. The largest absolute Gasteiger partial charge is 0.355 e. The van der Waals surface area contributed by atoms with Gasteiger partial charge < -0.3 is 4.90 Å². The minimum atomic E-state index is 0.145. The molecule has 2 aliphatic heterocycles. The van der Waals surface area contributed by atoms with Crippen molar-refractivity contribution in [2.24, 2.45) is 0 Å². The molecule has 0 N–H and O–H groups in total. The Morgan fingerprint density at radius 2 is 1.81 bits per heavy atom. The lowest BCUT2D eigenvalue weighted by molar-refractivity contribution is 0.103. The summed E-state index contributed by atoms with van der Waals surface area (Å²) < 4.78 is 0. The minimum Gasteiger partial charge on any atom is -0.355 e. The number of para-hydroxylation sites is 1.